The van der Waals surface area contributed by atoms with Crippen LogP contribution >= 0.6 is 0 Å². The Morgan fingerprint density at radius 2 is 1.96 bits per heavy atom. The summed E-state index contributed by atoms with van der Waals surface area (Å²) in [6.45, 7) is 8.72. The summed E-state index contributed by atoms with van der Waals surface area (Å²) in [5.41, 5.74) is -0.0173. The number of nitrogens with one attached hydrogen (secondary N) is 2. The highest BCUT2D eigenvalue weighted by Gasteiger charge is 2.29. The van der Waals surface area contributed by atoms with Gasteiger partial charge in [0.1, 0.15) is 11.4 Å². The Labute approximate surface area is 159 Å². The van der Waals surface area contributed by atoms with Crippen LogP contribution in [0.4, 0.5) is 4.79 Å². The Hall–Kier alpha value is -2.51. The Morgan fingerprint density at radius 1 is 1.26 bits per heavy atom. The number of ether oxygens (including phenoxy) is 1. The second-order valence-electron chi connectivity index (χ2n) is 7.70. The first kappa shape index (κ1) is 20.8. The van der Waals surface area contributed by atoms with E-state index in [-0.39, 0.29) is 24.3 Å². The molecule has 8 nitrogen and oxygen atoms in total. The van der Waals surface area contributed by atoms with Gasteiger partial charge in [-0.2, -0.15) is 0 Å². The molecule has 8 heteroatoms. The Kier molecular flexibility index (Phi) is 6.87. The first-order valence-electron chi connectivity index (χ1n) is 9.25. The topological polar surface area (TPSA) is 101 Å². The lowest BCUT2D eigenvalue weighted by Gasteiger charge is -2.32. The fraction of sp³-hybridized carbons (Fsp3) is 0.632. The van der Waals surface area contributed by atoms with Crippen LogP contribution in [0, 0.1) is 12.8 Å². The van der Waals surface area contributed by atoms with Gasteiger partial charge < -0.3 is 24.7 Å². The van der Waals surface area contributed by atoms with Crippen LogP contribution < -0.4 is 10.6 Å². The lowest BCUT2D eigenvalue weighted by Crippen LogP contribution is -2.46. The zero-order valence-electron chi connectivity index (χ0n) is 16.5. The molecule has 1 aliphatic rings. The molecule has 1 unspecified atom stereocenters. The predicted molar refractivity (Wildman–Crippen MR) is 99.3 cm³/mol. The molecule has 0 aromatic carbocycles. The van der Waals surface area contributed by atoms with Crippen molar-refractivity contribution < 1.29 is 23.5 Å². The van der Waals surface area contributed by atoms with E-state index in [1.165, 1.54) is 6.26 Å². The van der Waals surface area contributed by atoms with Gasteiger partial charge in [-0.1, -0.05) is 0 Å². The molecule has 0 aliphatic carbocycles. The molecule has 0 radical (unpaired) electrons. The molecule has 1 saturated heterocycles. The van der Waals surface area contributed by atoms with Crippen LogP contribution in [0.15, 0.2) is 16.7 Å². The van der Waals surface area contributed by atoms with Crippen LogP contribution in [-0.2, 0) is 9.53 Å². The number of likely N-dealkylation sites (tertiary alicyclic amines) is 1. The second-order valence-corrected chi connectivity index (χ2v) is 7.70. The summed E-state index contributed by atoms with van der Waals surface area (Å²) in [7, 11) is 0. The first-order valence-corrected chi connectivity index (χ1v) is 9.25. The number of hydrogen-bond donors (Lipinski definition) is 2. The minimum atomic E-state index is -0.557. The van der Waals surface area contributed by atoms with E-state index in [1.54, 1.807) is 38.7 Å². The van der Waals surface area contributed by atoms with Crippen LogP contribution in [0.2, 0.25) is 0 Å². The fourth-order valence-electron chi connectivity index (χ4n) is 2.96. The number of carbonyl (C=O) groups is 3. The number of rotatable bonds is 5. The number of piperidine rings is 1. The van der Waals surface area contributed by atoms with Crippen molar-refractivity contribution in [1.82, 2.24) is 15.5 Å². The highest BCUT2D eigenvalue weighted by molar-refractivity contribution is 5.95. The van der Waals surface area contributed by atoms with Gasteiger partial charge in [0.15, 0.2) is 0 Å². The number of carbonyl (C=O) groups excluding carboxylic acids is 3. The van der Waals surface area contributed by atoms with Gasteiger partial charge >= 0.3 is 6.09 Å². The van der Waals surface area contributed by atoms with Crippen molar-refractivity contribution in [3.05, 3.63) is 23.7 Å². The molecule has 1 aromatic rings. The highest BCUT2D eigenvalue weighted by atomic mass is 16.6. The number of aryl methyl sites for hydroxylation is 1. The number of nitrogens with zero attached hydrogens (tertiary/aromatic N) is 1. The van der Waals surface area contributed by atoms with Gasteiger partial charge in [0.05, 0.1) is 17.7 Å². The lowest BCUT2D eigenvalue weighted by atomic mass is 9.96. The smallest absolute Gasteiger partial charge is 0.407 e. The maximum absolute atomic E-state index is 12.6. The molecule has 150 valence electrons. The normalized spacial score (nSPS) is 17.3. The SMILES string of the molecule is Cc1occc1C(=O)N1CCCC(C(=O)NCCNC(=O)OC(C)(C)C)C1. The maximum Gasteiger partial charge on any atom is 0.407 e. The van der Waals surface area contributed by atoms with Crippen molar-refractivity contribution >= 4 is 17.9 Å². The Morgan fingerprint density at radius 3 is 2.59 bits per heavy atom. The molecule has 0 bridgehead atoms. The van der Waals surface area contributed by atoms with Crippen LogP contribution in [-0.4, -0.2) is 54.6 Å². The Balaban J connectivity index is 1.75. The van der Waals surface area contributed by atoms with Gasteiger partial charge in [-0.15, -0.1) is 0 Å². The zero-order chi connectivity index (χ0) is 20.0. The standard InChI is InChI=1S/C19H29N3O5/c1-13-15(7-11-26-13)17(24)22-10-5-6-14(12-22)16(23)20-8-9-21-18(25)27-19(2,3)4/h7,11,14H,5-6,8-10,12H2,1-4H3,(H,20,23)(H,21,25). The summed E-state index contributed by atoms with van der Waals surface area (Å²) in [5, 5.41) is 5.41. The molecule has 27 heavy (non-hydrogen) atoms. The average molecular weight is 379 g/mol. The van der Waals surface area contributed by atoms with Gasteiger partial charge in [0, 0.05) is 26.2 Å². The van der Waals surface area contributed by atoms with E-state index >= 15 is 0 Å². The van der Waals surface area contributed by atoms with E-state index in [4.69, 9.17) is 9.15 Å². The maximum atomic E-state index is 12.6. The predicted octanol–water partition coefficient (Wildman–Crippen LogP) is 2.08. The quantitative estimate of drug-likeness (QED) is 0.763. The highest BCUT2D eigenvalue weighted by Crippen LogP contribution is 2.20. The van der Waals surface area contributed by atoms with E-state index in [0.717, 1.165) is 12.8 Å². The number of furan rings is 1. The summed E-state index contributed by atoms with van der Waals surface area (Å²) < 4.78 is 10.3. The molecule has 3 amide bonds. The monoisotopic (exact) mass is 379 g/mol. The summed E-state index contributed by atoms with van der Waals surface area (Å²) in [5.74, 6) is 0.115. The Bertz CT molecular complexity index is 677. The van der Waals surface area contributed by atoms with E-state index in [0.29, 0.717) is 31.0 Å². The van der Waals surface area contributed by atoms with Gasteiger partial charge in [-0.3, -0.25) is 9.59 Å². The van der Waals surface area contributed by atoms with Crippen molar-refractivity contribution in [3.63, 3.8) is 0 Å². The molecule has 2 heterocycles. The minimum absolute atomic E-state index is 0.106. The van der Waals surface area contributed by atoms with Gasteiger partial charge in [-0.05, 0) is 46.6 Å². The molecule has 1 aromatic heterocycles. The molecule has 1 atom stereocenters. The second kappa shape index (κ2) is 8.92. The average Bonchev–Trinajstić information content (AvgIpc) is 3.02. The summed E-state index contributed by atoms with van der Waals surface area (Å²) in [4.78, 5) is 38.2. The largest absolute Gasteiger partial charge is 0.469 e. The number of amides is 3. The number of hydrogen-bond acceptors (Lipinski definition) is 5. The summed E-state index contributed by atoms with van der Waals surface area (Å²) in [6.07, 6.45) is 2.49. The minimum Gasteiger partial charge on any atom is -0.469 e. The van der Waals surface area contributed by atoms with E-state index in [2.05, 4.69) is 10.6 Å². The molecule has 2 N–H and O–H groups in total. The molecule has 1 fully saturated rings. The van der Waals surface area contributed by atoms with Crippen molar-refractivity contribution in [2.24, 2.45) is 5.92 Å². The van der Waals surface area contributed by atoms with Gasteiger partial charge in [0.25, 0.3) is 5.91 Å². The third-order valence-electron chi connectivity index (χ3n) is 4.26. The van der Waals surface area contributed by atoms with Crippen LogP contribution in [0.5, 0.6) is 0 Å². The van der Waals surface area contributed by atoms with Crippen molar-refractivity contribution in [2.45, 2.75) is 46.1 Å². The number of alkyl carbamates (subject to hydrolysis) is 1. The third kappa shape index (κ3) is 6.30. The molecule has 0 spiro atoms. The van der Waals surface area contributed by atoms with Gasteiger partial charge in [0.2, 0.25) is 5.91 Å². The van der Waals surface area contributed by atoms with Gasteiger partial charge in [-0.25, -0.2) is 4.79 Å². The first-order chi connectivity index (χ1) is 12.7. The third-order valence-corrected chi connectivity index (χ3v) is 4.26. The van der Waals surface area contributed by atoms with Crippen molar-refractivity contribution in [1.29, 1.82) is 0 Å². The van der Waals surface area contributed by atoms with E-state index < -0.39 is 11.7 Å². The molecule has 1 aliphatic heterocycles. The van der Waals surface area contributed by atoms with Crippen molar-refractivity contribution in [2.75, 3.05) is 26.2 Å². The summed E-state index contributed by atoms with van der Waals surface area (Å²) >= 11 is 0. The van der Waals surface area contributed by atoms with Crippen LogP contribution in [0.3, 0.4) is 0 Å². The summed E-state index contributed by atoms with van der Waals surface area (Å²) in [6, 6.07) is 1.66. The molecular weight excluding hydrogens is 350 g/mol. The van der Waals surface area contributed by atoms with Crippen LogP contribution in [0.25, 0.3) is 0 Å². The lowest BCUT2D eigenvalue weighted by molar-refractivity contribution is -0.126. The molecule has 2 rings (SSSR count). The fourth-order valence-corrected chi connectivity index (χ4v) is 2.96. The van der Waals surface area contributed by atoms with Crippen LogP contribution in [0.1, 0.15) is 49.7 Å². The zero-order valence-corrected chi connectivity index (χ0v) is 16.5. The molecule has 0 saturated carbocycles. The molecular formula is C19H29N3O5. The van der Waals surface area contributed by atoms with Crippen molar-refractivity contribution in [3.8, 4) is 0 Å². The van der Waals surface area contributed by atoms with E-state index in [9.17, 15) is 14.4 Å². The van der Waals surface area contributed by atoms with E-state index in [1.807, 2.05) is 0 Å².